The van der Waals surface area contributed by atoms with E-state index in [2.05, 4.69) is 0 Å². The summed E-state index contributed by atoms with van der Waals surface area (Å²) in [6.07, 6.45) is 0. The predicted octanol–water partition coefficient (Wildman–Crippen LogP) is -4.74. The molecule has 4 heteroatoms. The Labute approximate surface area is 89.6 Å². The van der Waals surface area contributed by atoms with E-state index in [1.807, 2.05) is 0 Å². The van der Waals surface area contributed by atoms with Gasteiger partial charge in [0.25, 0.3) is 0 Å². The molecule has 0 aliphatic carbocycles. The molecule has 0 aliphatic rings. The molecule has 0 aliphatic heterocycles. The second-order valence-corrected chi connectivity index (χ2v) is 0. The zero-order valence-electron chi connectivity index (χ0n) is 1.15. The van der Waals surface area contributed by atoms with Crippen LogP contribution in [0.15, 0.2) is 0 Å². The van der Waals surface area contributed by atoms with Crippen LogP contribution in [0.3, 0.4) is 0 Å². The van der Waals surface area contributed by atoms with Gasteiger partial charge in [-0.1, -0.05) is 0 Å². The van der Waals surface area contributed by atoms with Crippen LogP contribution in [0.25, 0.3) is 0 Å². The summed E-state index contributed by atoms with van der Waals surface area (Å²) in [5.74, 6) is 0. The van der Waals surface area contributed by atoms with E-state index in [4.69, 9.17) is 0 Å². The first-order chi connectivity index (χ1) is 0. The van der Waals surface area contributed by atoms with Crippen molar-refractivity contribution in [3.63, 3.8) is 0 Å². The fraction of sp³-hybridized carbons (Fsp3) is 0. The Morgan fingerprint density at radius 3 is 1.00 bits per heavy atom. The van der Waals surface area contributed by atoms with Gasteiger partial charge >= 0.3 is 91.4 Å². The average Bonchev–Trinajstić information content (AvgIpc) is 0. The Morgan fingerprint density at radius 2 is 1.00 bits per heavy atom. The van der Waals surface area contributed by atoms with Crippen molar-refractivity contribution in [2.45, 2.75) is 0 Å². The molecule has 0 N–H and O–H groups in total. The fourth-order valence-corrected chi connectivity index (χ4v) is 0. The first kappa shape index (κ1) is 27.9. The van der Waals surface area contributed by atoms with Gasteiger partial charge in [0.2, 0.25) is 0 Å². The molecule has 0 amide bonds. The van der Waals surface area contributed by atoms with E-state index in [0.717, 1.165) is 0 Å². The first-order valence-electron chi connectivity index (χ1n) is 0. The quantitative estimate of drug-likeness (QED) is 0.272. The molecule has 0 atom stereocenters. The standard InChI is InChI=1S/Bi.GeH4.Sn.HTe.7H/h;1H4;;1H;;;;;;;. The molecule has 1 radical (unpaired) electrons. The zero-order chi connectivity index (χ0) is 0. The van der Waals surface area contributed by atoms with Crippen molar-refractivity contribution in [3.8, 4) is 0 Å². The Hall–Kier alpha value is 3.01. The van der Waals surface area contributed by atoms with Crippen LogP contribution >= 0.6 is 0 Å². The molecule has 0 nitrogen and oxygen atoms in total. The minimum absolute atomic E-state index is 0. The van der Waals surface area contributed by atoms with E-state index in [1.165, 1.54) is 0 Å². The van der Waals surface area contributed by atoms with E-state index in [0.29, 0.717) is 0 Å². The zero-order valence-corrected chi connectivity index (χ0v) is 9.20. The van der Waals surface area contributed by atoms with Gasteiger partial charge in [-0.3, -0.25) is 0 Å². The molecule has 31 valence electrons. The Kier molecular flexibility index (Phi) is 116. The third-order valence-electron chi connectivity index (χ3n) is 0. The van der Waals surface area contributed by atoms with Crippen LogP contribution in [0.1, 0.15) is 0 Å². The molecule has 0 rings (SSSR count). The fourth-order valence-electron chi connectivity index (χ4n) is 0. The molecular formula is H12BiGeSnTe. The van der Waals surface area contributed by atoms with E-state index in [1.54, 1.807) is 0 Å². The van der Waals surface area contributed by atoms with Gasteiger partial charge in [-0.2, -0.15) is 0 Å². The van der Waals surface area contributed by atoms with Gasteiger partial charge in [-0.15, -0.1) is 0 Å². The summed E-state index contributed by atoms with van der Waals surface area (Å²) in [6.45, 7) is 0. The van der Waals surface area contributed by atoms with Crippen molar-refractivity contribution in [2.24, 2.45) is 0 Å². The maximum absolute atomic E-state index is 0. The van der Waals surface area contributed by atoms with Crippen LogP contribution in [0.2, 0.25) is 0 Å². The van der Waals surface area contributed by atoms with E-state index < -0.39 is 0 Å². The van der Waals surface area contributed by atoms with Crippen LogP contribution in [0.4, 0.5) is 0 Å². The number of hydrogen-bond acceptors (Lipinski definition) is 0. The van der Waals surface area contributed by atoms with Gasteiger partial charge in [-0.05, 0) is 0 Å². The maximum atomic E-state index is 0. The van der Waals surface area contributed by atoms with Crippen molar-refractivity contribution in [1.82, 2.24) is 0 Å². The molecule has 0 aromatic carbocycles. The second-order valence-electron chi connectivity index (χ2n) is 0. The van der Waals surface area contributed by atoms with Crippen LogP contribution in [-0.4, -0.2) is 91.4 Å². The van der Waals surface area contributed by atoms with Gasteiger partial charge in [0.1, 0.15) is 0 Å². The van der Waals surface area contributed by atoms with Gasteiger partial charge < -0.3 is 0 Å². The molecule has 0 saturated carbocycles. The van der Waals surface area contributed by atoms with Gasteiger partial charge in [0, 0.05) is 0 Å². The van der Waals surface area contributed by atoms with Crippen molar-refractivity contribution >= 4 is 91.4 Å². The van der Waals surface area contributed by atoms with Crippen molar-refractivity contribution in [1.29, 1.82) is 0 Å². The molecule has 0 bridgehead atoms. The van der Waals surface area contributed by atoms with Crippen LogP contribution < -0.4 is 0 Å². The van der Waals surface area contributed by atoms with Gasteiger partial charge in [-0.25, -0.2) is 0 Å². The first-order valence-corrected chi connectivity index (χ1v) is 0. The molecular weight excluding hydrogens is 528 g/mol. The summed E-state index contributed by atoms with van der Waals surface area (Å²) in [5, 5.41) is 0. The van der Waals surface area contributed by atoms with E-state index in [-0.39, 0.29) is 91.4 Å². The summed E-state index contributed by atoms with van der Waals surface area (Å²) in [4.78, 5) is 0. The Balaban J connectivity index is 0. The SMILES string of the molecule is [BiH3].[GeH4].[SnH4].[TeH]. The predicted molar refractivity (Wildman–Crippen MR) is 39.8 cm³/mol. The van der Waals surface area contributed by atoms with Gasteiger partial charge in [0.05, 0.1) is 0 Å². The van der Waals surface area contributed by atoms with E-state index in [9.17, 15) is 0 Å². The molecule has 0 aromatic heterocycles. The summed E-state index contributed by atoms with van der Waals surface area (Å²) in [7, 11) is 0. The molecule has 4 heavy (non-hydrogen) atoms. The third kappa shape index (κ3) is 8.89. The molecule has 0 unspecified atom stereocenters. The Bertz CT molecular complexity index is 8.00. The molecule has 0 spiro atoms. The third-order valence-corrected chi connectivity index (χ3v) is 0. The number of rotatable bonds is 0. The summed E-state index contributed by atoms with van der Waals surface area (Å²) >= 11 is 0. The molecule has 0 saturated heterocycles. The van der Waals surface area contributed by atoms with E-state index >= 15 is 0 Å². The molecule has 0 aromatic rings. The molecule has 0 fully saturated rings. The van der Waals surface area contributed by atoms with Gasteiger partial charge in [0.15, 0.2) is 0 Å². The number of hydrogen-bond donors (Lipinski definition) is 0. The second kappa shape index (κ2) is 16.6. The summed E-state index contributed by atoms with van der Waals surface area (Å²) < 4.78 is 0. The van der Waals surface area contributed by atoms with Crippen molar-refractivity contribution in [2.75, 3.05) is 0 Å². The normalized spacial score (nSPS) is 0. The summed E-state index contributed by atoms with van der Waals surface area (Å²) in [5.41, 5.74) is 0. The topological polar surface area (TPSA) is 0 Å². The van der Waals surface area contributed by atoms with Crippen LogP contribution in [0.5, 0.6) is 0 Å². The average molecular weight is 540 g/mol. The Morgan fingerprint density at radius 1 is 1.00 bits per heavy atom. The van der Waals surface area contributed by atoms with Crippen molar-refractivity contribution < 1.29 is 0 Å². The van der Waals surface area contributed by atoms with Crippen molar-refractivity contribution in [3.05, 3.63) is 0 Å². The van der Waals surface area contributed by atoms with Crippen LogP contribution in [0, 0.1) is 0 Å². The molecule has 0 heterocycles. The minimum atomic E-state index is 0. The monoisotopic (exact) mass is 545 g/mol. The summed E-state index contributed by atoms with van der Waals surface area (Å²) in [6, 6.07) is 0. The van der Waals surface area contributed by atoms with Crippen LogP contribution in [-0.2, 0) is 0 Å².